The lowest BCUT2D eigenvalue weighted by atomic mass is 9.99. The van der Waals surface area contributed by atoms with E-state index in [1.165, 1.54) is 22.3 Å². The maximum absolute atomic E-state index is 2.44. The molecule has 12 heavy (non-hydrogen) atoms. The Bertz CT molecular complexity index is 277. The predicted molar refractivity (Wildman–Crippen MR) is 63.0 cm³/mol. The van der Waals surface area contributed by atoms with Crippen molar-refractivity contribution in [1.82, 2.24) is 0 Å². The third-order valence-corrected chi connectivity index (χ3v) is 2.99. The van der Waals surface area contributed by atoms with Crippen LogP contribution in [0.4, 0.5) is 0 Å². The standard InChI is InChI=1S/C11H15I/c1-4-10-6-8(2)5-9(3)11(10)7-12/h5-6H,4,7H2,1-3H3. The van der Waals surface area contributed by atoms with Crippen molar-refractivity contribution >= 4 is 22.6 Å². The molecule has 0 spiro atoms. The summed E-state index contributed by atoms with van der Waals surface area (Å²) in [5.74, 6) is 0. The fraction of sp³-hybridized carbons (Fsp3) is 0.455. The molecule has 0 fully saturated rings. The topological polar surface area (TPSA) is 0 Å². The van der Waals surface area contributed by atoms with Crippen molar-refractivity contribution in [3.8, 4) is 0 Å². The first kappa shape index (κ1) is 10.0. The first-order valence-corrected chi connectivity index (χ1v) is 5.86. The molecule has 0 bridgehead atoms. The number of alkyl halides is 1. The van der Waals surface area contributed by atoms with Gasteiger partial charge in [0.15, 0.2) is 0 Å². The van der Waals surface area contributed by atoms with Crippen LogP contribution in [0, 0.1) is 13.8 Å². The second kappa shape index (κ2) is 4.26. The monoisotopic (exact) mass is 274 g/mol. The lowest BCUT2D eigenvalue weighted by Gasteiger charge is -2.09. The first-order valence-electron chi connectivity index (χ1n) is 4.34. The number of hydrogen-bond acceptors (Lipinski definition) is 0. The van der Waals surface area contributed by atoms with Crippen molar-refractivity contribution in [3.63, 3.8) is 0 Å². The van der Waals surface area contributed by atoms with Gasteiger partial charge in [-0.25, -0.2) is 0 Å². The minimum absolute atomic E-state index is 1.13. The summed E-state index contributed by atoms with van der Waals surface area (Å²) in [6.07, 6.45) is 1.15. The van der Waals surface area contributed by atoms with Gasteiger partial charge in [-0.1, -0.05) is 47.2 Å². The highest BCUT2D eigenvalue weighted by atomic mass is 127. The molecule has 0 amide bonds. The van der Waals surface area contributed by atoms with Gasteiger partial charge in [0, 0.05) is 4.43 Å². The molecular weight excluding hydrogens is 259 g/mol. The fourth-order valence-corrected chi connectivity index (χ4v) is 2.68. The van der Waals surface area contributed by atoms with E-state index in [1.54, 1.807) is 0 Å². The predicted octanol–water partition coefficient (Wildman–Crippen LogP) is 3.80. The molecule has 1 rings (SSSR count). The number of hydrogen-bond donors (Lipinski definition) is 0. The minimum atomic E-state index is 1.13. The van der Waals surface area contributed by atoms with Crippen LogP contribution in [0.5, 0.6) is 0 Å². The summed E-state index contributed by atoms with van der Waals surface area (Å²) in [6.45, 7) is 6.60. The van der Waals surface area contributed by atoms with Crippen molar-refractivity contribution in [3.05, 3.63) is 34.4 Å². The van der Waals surface area contributed by atoms with Gasteiger partial charge in [0.05, 0.1) is 0 Å². The van der Waals surface area contributed by atoms with Gasteiger partial charge in [0.2, 0.25) is 0 Å². The van der Waals surface area contributed by atoms with E-state index >= 15 is 0 Å². The van der Waals surface area contributed by atoms with Crippen LogP contribution in [0.2, 0.25) is 0 Å². The summed E-state index contributed by atoms with van der Waals surface area (Å²) in [7, 11) is 0. The van der Waals surface area contributed by atoms with E-state index < -0.39 is 0 Å². The Morgan fingerprint density at radius 1 is 1.25 bits per heavy atom. The van der Waals surface area contributed by atoms with Crippen molar-refractivity contribution < 1.29 is 0 Å². The average molecular weight is 274 g/mol. The molecule has 1 aromatic rings. The lowest BCUT2D eigenvalue weighted by Crippen LogP contribution is -1.94. The van der Waals surface area contributed by atoms with E-state index in [2.05, 4.69) is 55.5 Å². The van der Waals surface area contributed by atoms with E-state index in [-0.39, 0.29) is 0 Å². The summed E-state index contributed by atoms with van der Waals surface area (Å²) in [5, 5.41) is 0. The number of halogens is 1. The van der Waals surface area contributed by atoms with Crippen molar-refractivity contribution in [2.45, 2.75) is 31.6 Å². The Morgan fingerprint density at radius 3 is 2.42 bits per heavy atom. The molecule has 1 heteroatoms. The Labute approximate surface area is 88.5 Å². The van der Waals surface area contributed by atoms with Crippen molar-refractivity contribution in [2.24, 2.45) is 0 Å². The Balaban J connectivity index is 3.24. The molecule has 0 heterocycles. The van der Waals surface area contributed by atoms with E-state index in [0.717, 1.165) is 10.8 Å². The zero-order valence-electron chi connectivity index (χ0n) is 7.95. The van der Waals surface area contributed by atoms with E-state index in [9.17, 15) is 0 Å². The normalized spacial score (nSPS) is 10.3. The third-order valence-electron chi connectivity index (χ3n) is 2.22. The highest BCUT2D eigenvalue weighted by Crippen LogP contribution is 2.20. The Morgan fingerprint density at radius 2 is 1.92 bits per heavy atom. The summed E-state index contributed by atoms with van der Waals surface area (Å²) in [4.78, 5) is 0. The van der Waals surface area contributed by atoms with Crippen LogP contribution in [0.1, 0.15) is 29.2 Å². The van der Waals surface area contributed by atoms with Crippen molar-refractivity contribution in [2.75, 3.05) is 0 Å². The van der Waals surface area contributed by atoms with Crippen LogP contribution in [0.3, 0.4) is 0 Å². The van der Waals surface area contributed by atoms with Gasteiger partial charge in [-0.15, -0.1) is 0 Å². The highest BCUT2D eigenvalue weighted by Gasteiger charge is 2.03. The maximum atomic E-state index is 2.44. The van der Waals surface area contributed by atoms with Gasteiger partial charge in [-0.05, 0) is 37.0 Å². The molecule has 0 radical (unpaired) electrons. The number of aryl methyl sites for hydroxylation is 3. The lowest BCUT2D eigenvalue weighted by molar-refractivity contribution is 1.08. The SMILES string of the molecule is CCc1cc(C)cc(C)c1CI. The molecule has 0 atom stereocenters. The molecule has 0 aliphatic rings. The van der Waals surface area contributed by atoms with E-state index in [1.807, 2.05) is 0 Å². The average Bonchev–Trinajstić information content (AvgIpc) is 2.03. The van der Waals surface area contributed by atoms with E-state index in [4.69, 9.17) is 0 Å². The van der Waals surface area contributed by atoms with Gasteiger partial charge >= 0.3 is 0 Å². The largest absolute Gasteiger partial charge is 0.0812 e. The van der Waals surface area contributed by atoms with Crippen molar-refractivity contribution in [1.29, 1.82) is 0 Å². The molecule has 0 unspecified atom stereocenters. The van der Waals surface area contributed by atoms with Crippen LogP contribution in [-0.4, -0.2) is 0 Å². The maximum Gasteiger partial charge on any atom is 0.0252 e. The smallest absolute Gasteiger partial charge is 0.0252 e. The zero-order chi connectivity index (χ0) is 9.14. The second-order valence-corrected chi connectivity index (χ2v) is 3.97. The molecule has 0 saturated carbocycles. The van der Waals surface area contributed by atoms with Gasteiger partial charge in [-0.2, -0.15) is 0 Å². The summed E-state index contributed by atoms with van der Waals surface area (Å²) < 4.78 is 1.13. The van der Waals surface area contributed by atoms with Crippen LogP contribution >= 0.6 is 22.6 Å². The van der Waals surface area contributed by atoms with Gasteiger partial charge in [0.1, 0.15) is 0 Å². The van der Waals surface area contributed by atoms with Crippen LogP contribution in [0.15, 0.2) is 12.1 Å². The van der Waals surface area contributed by atoms with Gasteiger partial charge in [0.25, 0.3) is 0 Å². The van der Waals surface area contributed by atoms with Gasteiger partial charge in [-0.3, -0.25) is 0 Å². The molecule has 1 aromatic carbocycles. The van der Waals surface area contributed by atoms with E-state index in [0.29, 0.717) is 0 Å². The highest BCUT2D eigenvalue weighted by molar-refractivity contribution is 14.1. The molecule has 0 saturated heterocycles. The number of rotatable bonds is 2. The molecular formula is C11H15I. The molecule has 66 valence electrons. The summed E-state index contributed by atoms with van der Waals surface area (Å²) >= 11 is 2.44. The summed E-state index contributed by atoms with van der Waals surface area (Å²) in [6, 6.07) is 4.58. The molecule has 0 N–H and O–H groups in total. The Hall–Kier alpha value is -0.0500. The van der Waals surface area contributed by atoms with Gasteiger partial charge < -0.3 is 0 Å². The third kappa shape index (κ3) is 2.00. The second-order valence-electron chi connectivity index (χ2n) is 3.21. The molecule has 0 aliphatic carbocycles. The minimum Gasteiger partial charge on any atom is -0.0812 e. The zero-order valence-corrected chi connectivity index (χ0v) is 10.1. The first-order chi connectivity index (χ1) is 5.69. The molecule has 0 aliphatic heterocycles. The fourth-order valence-electron chi connectivity index (χ4n) is 1.59. The van der Waals surface area contributed by atoms with Crippen LogP contribution < -0.4 is 0 Å². The van der Waals surface area contributed by atoms with Crippen LogP contribution in [-0.2, 0) is 10.8 Å². The quantitative estimate of drug-likeness (QED) is 0.568. The van der Waals surface area contributed by atoms with Crippen LogP contribution in [0.25, 0.3) is 0 Å². The molecule has 0 aromatic heterocycles. The Kier molecular flexibility index (Phi) is 3.56. The number of benzene rings is 1. The molecule has 0 nitrogen and oxygen atoms in total. The summed E-state index contributed by atoms with van der Waals surface area (Å²) in [5.41, 5.74) is 5.88.